The van der Waals surface area contributed by atoms with E-state index >= 15 is 0 Å². The van der Waals surface area contributed by atoms with Gasteiger partial charge in [0.2, 0.25) is 5.91 Å². The van der Waals surface area contributed by atoms with Gasteiger partial charge in [-0.05, 0) is 24.3 Å². The van der Waals surface area contributed by atoms with Crippen LogP contribution in [0.25, 0.3) is 0 Å². The number of aliphatic hydroxyl groups excluding tert-OH is 1. The molecular weight excluding hydrogens is 270 g/mol. The predicted octanol–water partition coefficient (Wildman–Crippen LogP) is 2.75. The molecule has 0 aromatic heterocycles. The molecule has 1 aromatic rings. The summed E-state index contributed by atoms with van der Waals surface area (Å²) in [6.07, 6.45) is 0.698. The summed E-state index contributed by atoms with van der Waals surface area (Å²) in [7, 11) is 0. The van der Waals surface area contributed by atoms with E-state index in [4.69, 9.17) is 5.11 Å². The number of carbonyl (C=O) groups is 1. The van der Waals surface area contributed by atoms with Crippen molar-refractivity contribution in [1.29, 1.82) is 0 Å². The Morgan fingerprint density at radius 3 is 2.55 bits per heavy atom. The molecule has 3 nitrogen and oxygen atoms in total. The van der Waals surface area contributed by atoms with Gasteiger partial charge in [-0.15, -0.1) is 11.8 Å². The maximum atomic E-state index is 11.7. The Bertz CT molecular complexity index is 415. The van der Waals surface area contributed by atoms with Gasteiger partial charge in [-0.3, -0.25) is 4.79 Å². The van der Waals surface area contributed by atoms with E-state index in [-0.39, 0.29) is 17.9 Å². The molecule has 112 valence electrons. The average Bonchev–Trinajstić information content (AvgIpc) is 2.39. The zero-order chi connectivity index (χ0) is 15.0. The van der Waals surface area contributed by atoms with E-state index in [2.05, 4.69) is 36.5 Å². The van der Waals surface area contributed by atoms with Gasteiger partial charge < -0.3 is 10.4 Å². The Morgan fingerprint density at radius 2 is 1.95 bits per heavy atom. The Balaban J connectivity index is 2.22. The minimum atomic E-state index is -0.0496. The number of thioether (sulfide) groups is 1. The van der Waals surface area contributed by atoms with Gasteiger partial charge in [0.15, 0.2) is 0 Å². The molecule has 0 spiro atoms. The lowest BCUT2D eigenvalue weighted by molar-refractivity contribution is -0.119. The minimum Gasteiger partial charge on any atom is -0.396 e. The minimum absolute atomic E-state index is 0.0496. The summed E-state index contributed by atoms with van der Waals surface area (Å²) in [4.78, 5) is 11.7. The third-order valence-corrected chi connectivity index (χ3v) is 4.18. The topological polar surface area (TPSA) is 49.3 Å². The van der Waals surface area contributed by atoms with E-state index < -0.39 is 0 Å². The zero-order valence-corrected chi connectivity index (χ0v) is 13.4. The quantitative estimate of drug-likeness (QED) is 0.775. The Labute approximate surface area is 126 Å². The molecule has 0 aliphatic carbocycles. The number of aliphatic hydroxyl groups is 1. The van der Waals surface area contributed by atoms with Crippen LogP contribution in [0.5, 0.6) is 0 Å². The van der Waals surface area contributed by atoms with Gasteiger partial charge in [0.25, 0.3) is 0 Å². The summed E-state index contributed by atoms with van der Waals surface area (Å²) >= 11 is 1.62. The first-order valence-electron chi connectivity index (χ1n) is 6.94. The van der Waals surface area contributed by atoms with Gasteiger partial charge in [-0.1, -0.05) is 43.7 Å². The molecule has 0 radical (unpaired) electrons. The Morgan fingerprint density at radius 1 is 1.30 bits per heavy atom. The van der Waals surface area contributed by atoms with Gasteiger partial charge in [-0.2, -0.15) is 0 Å². The molecule has 0 fully saturated rings. The molecule has 0 atom stereocenters. The Hall–Kier alpha value is -1.00. The van der Waals surface area contributed by atoms with Crippen molar-refractivity contribution in [3.8, 4) is 0 Å². The number of hydrogen-bond donors (Lipinski definition) is 2. The first kappa shape index (κ1) is 17.1. The third-order valence-electron chi connectivity index (χ3n) is 3.18. The van der Waals surface area contributed by atoms with Crippen LogP contribution in [0, 0.1) is 12.3 Å². The maximum Gasteiger partial charge on any atom is 0.230 e. The predicted molar refractivity (Wildman–Crippen MR) is 85.8 cm³/mol. The molecule has 0 bridgehead atoms. The first-order valence-corrected chi connectivity index (χ1v) is 8.09. The highest BCUT2D eigenvalue weighted by molar-refractivity contribution is 7.99. The van der Waals surface area contributed by atoms with Crippen LogP contribution in [0.4, 0.5) is 0 Å². The van der Waals surface area contributed by atoms with Crippen LogP contribution in [0.2, 0.25) is 0 Å². The molecule has 20 heavy (non-hydrogen) atoms. The van der Waals surface area contributed by atoms with Gasteiger partial charge in [0.1, 0.15) is 0 Å². The molecule has 1 amide bonds. The van der Waals surface area contributed by atoms with Gasteiger partial charge in [0.05, 0.1) is 5.75 Å². The van der Waals surface area contributed by atoms with Crippen LogP contribution in [0.3, 0.4) is 0 Å². The first-order chi connectivity index (χ1) is 9.43. The monoisotopic (exact) mass is 295 g/mol. The molecule has 2 N–H and O–H groups in total. The van der Waals surface area contributed by atoms with Crippen LogP contribution in [0.15, 0.2) is 24.3 Å². The SMILES string of the molecule is Cc1ccc(CSCC(=O)NCC(C)(C)CCO)cc1. The largest absolute Gasteiger partial charge is 0.396 e. The number of aryl methyl sites for hydroxylation is 1. The number of amides is 1. The van der Waals surface area contributed by atoms with Crippen molar-refractivity contribution in [2.45, 2.75) is 32.9 Å². The Kier molecular flexibility index (Phi) is 7.10. The second kappa shape index (κ2) is 8.32. The molecule has 0 aliphatic heterocycles. The molecule has 0 saturated carbocycles. The van der Waals surface area contributed by atoms with E-state index in [9.17, 15) is 4.79 Å². The number of hydrogen-bond acceptors (Lipinski definition) is 3. The lowest BCUT2D eigenvalue weighted by Crippen LogP contribution is -2.35. The second-order valence-electron chi connectivity index (χ2n) is 5.89. The molecular formula is C16H25NO2S. The van der Waals surface area contributed by atoms with Crippen LogP contribution in [-0.4, -0.2) is 29.9 Å². The maximum absolute atomic E-state index is 11.7. The number of rotatable bonds is 8. The fraction of sp³-hybridized carbons (Fsp3) is 0.562. The summed E-state index contributed by atoms with van der Waals surface area (Å²) in [5, 5.41) is 11.9. The molecule has 4 heteroatoms. The summed E-state index contributed by atoms with van der Waals surface area (Å²) in [6.45, 7) is 6.92. The highest BCUT2D eigenvalue weighted by Crippen LogP contribution is 2.18. The van der Waals surface area contributed by atoms with Crippen molar-refractivity contribution in [1.82, 2.24) is 5.32 Å². The number of carbonyl (C=O) groups excluding carboxylic acids is 1. The number of nitrogens with one attached hydrogen (secondary N) is 1. The van der Waals surface area contributed by atoms with Gasteiger partial charge in [-0.25, -0.2) is 0 Å². The standard InChI is InChI=1S/C16H25NO2S/c1-13-4-6-14(7-5-13)10-20-11-15(19)17-12-16(2,3)8-9-18/h4-7,18H,8-12H2,1-3H3,(H,17,19). The fourth-order valence-corrected chi connectivity index (χ4v) is 2.54. The molecule has 0 aliphatic rings. The van der Waals surface area contributed by atoms with Crippen molar-refractivity contribution in [3.05, 3.63) is 35.4 Å². The molecule has 0 saturated heterocycles. The van der Waals surface area contributed by atoms with Crippen LogP contribution < -0.4 is 5.32 Å². The lowest BCUT2D eigenvalue weighted by atomic mass is 9.90. The van der Waals surface area contributed by atoms with Crippen molar-refractivity contribution in [3.63, 3.8) is 0 Å². The van der Waals surface area contributed by atoms with E-state index in [1.807, 2.05) is 13.8 Å². The van der Waals surface area contributed by atoms with Gasteiger partial charge in [0, 0.05) is 18.9 Å². The van der Waals surface area contributed by atoms with Crippen molar-refractivity contribution >= 4 is 17.7 Å². The van der Waals surface area contributed by atoms with Crippen molar-refractivity contribution in [2.24, 2.45) is 5.41 Å². The van der Waals surface area contributed by atoms with Crippen LogP contribution in [0.1, 0.15) is 31.4 Å². The average molecular weight is 295 g/mol. The molecule has 1 rings (SSSR count). The fourth-order valence-electron chi connectivity index (χ4n) is 1.73. The summed E-state index contributed by atoms with van der Waals surface area (Å²) < 4.78 is 0. The van der Waals surface area contributed by atoms with Crippen molar-refractivity contribution in [2.75, 3.05) is 18.9 Å². The van der Waals surface area contributed by atoms with E-state index in [1.54, 1.807) is 11.8 Å². The van der Waals surface area contributed by atoms with Crippen LogP contribution in [-0.2, 0) is 10.5 Å². The van der Waals surface area contributed by atoms with Gasteiger partial charge >= 0.3 is 0 Å². The normalized spacial score (nSPS) is 11.4. The molecule has 0 unspecified atom stereocenters. The highest BCUT2D eigenvalue weighted by atomic mass is 32.2. The summed E-state index contributed by atoms with van der Waals surface area (Å²) in [6, 6.07) is 8.38. The summed E-state index contributed by atoms with van der Waals surface area (Å²) in [5.41, 5.74) is 2.45. The summed E-state index contributed by atoms with van der Waals surface area (Å²) in [5.74, 6) is 1.39. The highest BCUT2D eigenvalue weighted by Gasteiger charge is 2.17. The lowest BCUT2D eigenvalue weighted by Gasteiger charge is -2.23. The number of benzene rings is 1. The van der Waals surface area contributed by atoms with Crippen LogP contribution >= 0.6 is 11.8 Å². The van der Waals surface area contributed by atoms with E-state index in [0.717, 1.165) is 5.75 Å². The molecule has 0 heterocycles. The second-order valence-corrected chi connectivity index (χ2v) is 6.88. The van der Waals surface area contributed by atoms with E-state index in [0.29, 0.717) is 18.7 Å². The van der Waals surface area contributed by atoms with Crippen molar-refractivity contribution < 1.29 is 9.90 Å². The zero-order valence-electron chi connectivity index (χ0n) is 12.6. The molecule has 1 aromatic carbocycles. The smallest absolute Gasteiger partial charge is 0.230 e. The third kappa shape index (κ3) is 6.96. The van der Waals surface area contributed by atoms with E-state index in [1.165, 1.54) is 11.1 Å².